The molecule has 198 valence electrons. The van der Waals surface area contributed by atoms with E-state index in [4.69, 9.17) is 28.8 Å². The summed E-state index contributed by atoms with van der Waals surface area (Å²) >= 11 is 0. The fourth-order valence-corrected chi connectivity index (χ4v) is 4.85. The zero-order chi connectivity index (χ0) is 27.1. The zero-order valence-electron chi connectivity index (χ0n) is 21.6. The van der Waals surface area contributed by atoms with Gasteiger partial charge in [0.25, 0.3) is 0 Å². The number of benzene rings is 2. The van der Waals surface area contributed by atoms with Gasteiger partial charge in [-0.3, -0.25) is 0 Å². The molecule has 6 aromatic rings. The van der Waals surface area contributed by atoms with Crippen molar-refractivity contribution in [2.24, 2.45) is 5.16 Å². The number of aromatic nitrogens is 6. The number of fused-ring (bicyclic) bond motifs is 4. The first-order chi connectivity index (χ1) is 19.7. The number of nitrogens with zero attached hydrogens (tertiary/aromatic N) is 7. The fraction of sp³-hybridized carbons (Fsp3) is 0.138. The lowest BCUT2D eigenvalue weighted by atomic mass is 9.88. The van der Waals surface area contributed by atoms with Crippen LogP contribution in [0.15, 0.2) is 88.9 Å². The number of hydrogen-bond acceptors (Lipinski definition) is 9. The molecule has 1 aliphatic heterocycles. The summed E-state index contributed by atoms with van der Waals surface area (Å²) in [4.78, 5) is 14.9. The van der Waals surface area contributed by atoms with E-state index in [1.54, 1.807) is 35.1 Å². The minimum atomic E-state index is -0.353. The highest BCUT2D eigenvalue weighted by molar-refractivity contribution is 5.79. The van der Waals surface area contributed by atoms with Crippen molar-refractivity contribution >= 4 is 11.9 Å². The van der Waals surface area contributed by atoms with E-state index in [9.17, 15) is 0 Å². The summed E-state index contributed by atoms with van der Waals surface area (Å²) in [6.07, 6.45) is 4.85. The fourth-order valence-electron chi connectivity index (χ4n) is 4.85. The molecule has 0 saturated carbocycles. The molecule has 7 rings (SSSR count). The number of furan rings is 1. The third-order valence-electron chi connectivity index (χ3n) is 6.68. The lowest BCUT2D eigenvalue weighted by molar-refractivity contribution is 0.126. The van der Waals surface area contributed by atoms with E-state index in [0.717, 1.165) is 39.6 Å². The number of methoxy groups -OCH3 is 1. The first-order valence-corrected chi connectivity index (χ1v) is 12.6. The summed E-state index contributed by atoms with van der Waals surface area (Å²) in [5.41, 5.74) is 4.77. The number of aryl methyl sites for hydroxylation is 1. The Morgan fingerprint density at radius 3 is 2.62 bits per heavy atom. The Bertz CT molecular complexity index is 1820. The predicted molar refractivity (Wildman–Crippen MR) is 144 cm³/mol. The zero-order valence-corrected chi connectivity index (χ0v) is 21.6. The minimum Gasteiger partial charge on any atom is -0.497 e. The summed E-state index contributed by atoms with van der Waals surface area (Å²) in [6.45, 7) is 2.03. The van der Waals surface area contributed by atoms with Gasteiger partial charge in [-0.1, -0.05) is 23.4 Å². The monoisotopic (exact) mass is 533 g/mol. The third kappa shape index (κ3) is 4.04. The van der Waals surface area contributed by atoms with E-state index in [2.05, 4.69) is 15.2 Å². The largest absolute Gasteiger partial charge is 0.497 e. The minimum absolute atomic E-state index is 0.0750. The Hall–Kier alpha value is -5.45. The molecule has 5 heterocycles. The van der Waals surface area contributed by atoms with E-state index in [-0.39, 0.29) is 12.5 Å². The highest BCUT2D eigenvalue weighted by atomic mass is 16.6. The molecule has 0 aliphatic carbocycles. The molecule has 2 aromatic carbocycles. The molecule has 11 nitrogen and oxygen atoms in total. The van der Waals surface area contributed by atoms with Crippen LogP contribution < -0.4 is 9.47 Å². The molecule has 0 saturated heterocycles. The van der Waals surface area contributed by atoms with E-state index in [0.29, 0.717) is 23.2 Å². The Labute approximate surface area is 228 Å². The van der Waals surface area contributed by atoms with Crippen LogP contribution in [0.2, 0.25) is 0 Å². The first-order valence-electron chi connectivity index (χ1n) is 12.6. The standard InChI is InChI=1S/C29H23N7O4/c1-18-24-25(22-9-6-14-38-22)26-27-32-23(16-39-31-15-19-10-12-21(37-2)13-11-19)34-35(27)17-30-28(26)40-29(24)36(33-18)20-7-4-3-5-8-20/h3-15,17,25H,16H2,1-2H3/b31-15+/t25-/m1/s1. The van der Waals surface area contributed by atoms with Crippen LogP contribution in [0, 0.1) is 6.92 Å². The normalized spacial score (nSPS) is 14.2. The summed E-state index contributed by atoms with van der Waals surface area (Å²) in [5.74, 6) is 2.59. The maximum atomic E-state index is 6.40. The summed E-state index contributed by atoms with van der Waals surface area (Å²) in [7, 11) is 1.63. The number of rotatable bonds is 7. The molecule has 0 fully saturated rings. The smallest absolute Gasteiger partial charge is 0.230 e. The molecule has 1 atom stereocenters. The van der Waals surface area contributed by atoms with Gasteiger partial charge in [0.1, 0.15) is 17.8 Å². The van der Waals surface area contributed by atoms with Crippen LogP contribution in [0.5, 0.6) is 17.5 Å². The Kier molecular flexibility index (Phi) is 5.73. The van der Waals surface area contributed by atoms with Gasteiger partial charge >= 0.3 is 0 Å². The van der Waals surface area contributed by atoms with Gasteiger partial charge in [-0.2, -0.15) is 5.10 Å². The second-order valence-electron chi connectivity index (χ2n) is 9.14. The third-order valence-corrected chi connectivity index (χ3v) is 6.68. The van der Waals surface area contributed by atoms with Gasteiger partial charge in [0, 0.05) is 0 Å². The maximum Gasteiger partial charge on any atom is 0.230 e. The van der Waals surface area contributed by atoms with E-state index < -0.39 is 0 Å². The summed E-state index contributed by atoms with van der Waals surface area (Å²) in [5, 5.41) is 13.4. The van der Waals surface area contributed by atoms with Gasteiger partial charge in [-0.05, 0) is 61.0 Å². The van der Waals surface area contributed by atoms with Crippen molar-refractivity contribution in [3.05, 3.63) is 113 Å². The second kappa shape index (κ2) is 9.70. The quantitative estimate of drug-likeness (QED) is 0.206. The molecule has 0 radical (unpaired) electrons. The molecule has 0 amide bonds. The van der Waals surface area contributed by atoms with Crippen LogP contribution in [0.1, 0.15) is 39.9 Å². The summed E-state index contributed by atoms with van der Waals surface area (Å²) in [6, 6.07) is 21.1. The molecule has 1 aliphatic rings. The lowest BCUT2D eigenvalue weighted by Gasteiger charge is -2.24. The van der Waals surface area contributed by atoms with Gasteiger partial charge in [0.15, 0.2) is 18.1 Å². The highest BCUT2D eigenvalue weighted by Crippen LogP contribution is 2.49. The van der Waals surface area contributed by atoms with Crippen molar-refractivity contribution in [1.82, 2.24) is 29.4 Å². The number of hydrogen-bond donors (Lipinski definition) is 0. The Balaban J connectivity index is 1.24. The molecule has 0 N–H and O–H groups in total. The van der Waals surface area contributed by atoms with Gasteiger partial charge in [-0.15, -0.1) is 5.10 Å². The second-order valence-corrected chi connectivity index (χ2v) is 9.14. The molecule has 0 bridgehead atoms. The summed E-state index contributed by atoms with van der Waals surface area (Å²) < 4.78 is 20.9. The van der Waals surface area contributed by atoms with Crippen LogP contribution in [0.4, 0.5) is 0 Å². The van der Waals surface area contributed by atoms with Crippen LogP contribution >= 0.6 is 0 Å². The average molecular weight is 534 g/mol. The van der Waals surface area contributed by atoms with Crippen molar-refractivity contribution in [2.45, 2.75) is 19.4 Å². The molecular formula is C29H23N7O4. The van der Waals surface area contributed by atoms with Crippen LogP contribution in [0.25, 0.3) is 11.3 Å². The highest BCUT2D eigenvalue weighted by Gasteiger charge is 2.39. The van der Waals surface area contributed by atoms with Crippen molar-refractivity contribution < 1.29 is 18.7 Å². The van der Waals surface area contributed by atoms with Gasteiger partial charge < -0.3 is 18.7 Å². The van der Waals surface area contributed by atoms with Crippen molar-refractivity contribution in [3.63, 3.8) is 0 Å². The SMILES string of the molecule is COc1ccc(/C=N/OCc2nc3c4c(ncn3n2)Oc2c(c(C)nn2-c2ccccc2)[C@H]4c2ccco2)cc1. The van der Waals surface area contributed by atoms with Gasteiger partial charge in [0.05, 0.1) is 48.0 Å². The maximum absolute atomic E-state index is 6.40. The van der Waals surface area contributed by atoms with Crippen molar-refractivity contribution in [3.8, 4) is 23.2 Å². The molecule has 0 unspecified atom stereocenters. The van der Waals surface area contributed by atoms with Crippen LogP contribution in [-0.2, 0) is 11.4 Å². The van der Waals surface area contributed by atoms with E-state index in [1.165, 1.54) is 0 Å². The molecule has 11 heteroatoms. The number of oxime groups is 1. The number of ether oxygens (including phenoxy) is 2. The van der Waals surface area contributed by atoms with E-state index >= 15 is 0 Å². The van der Waals surface area contributed by atoms with Crippen LogP contribution in [0.3, 0.4) is 0 Å². The molecule has 40 heavy (non-hydrogen) atoms. The van der Waals surface area contributed by atoms with Gasteiger partial charge in [-0.25, -0.2) is 19.2 Å². The van der Waals surface area contributed by atoms with Crippen molar-refractivity contribution in [2.75, 3.05) is 7.11 Å². The molecule has 4 aromatic heterocycles. The molecular weight excluding hydrogens is 510 g/mol. The van der Waals surface area contributed by atoms with Crippen LogP contribution in [-0.4, -0.2) is 42.7 Å². The van der Waals surface area contributed by atoms with Gasteiger partial charge in [0.2, 0.25) is 11.8 Å². The lowest BCUT2D eigenvalue weighted by Crippen LogP contribution is -2.15. The van der Waals surface area contributed by atoms with Crippen molar-refractivity contribution in [1.29, 1.82) is 0 Å². The predicted octanol–water partition coefficient (Wildman–Crippen LogP) is 5.06. The average Bonchev–Trinajstić information content (AvgIpc) is 3.74. The number of para-hydroxylation sites is 1. The molecule has 0 spiro atoms. The topological polar surface area (TPSA) is 114 Å². The Morgan fingerprint density at radius 1 is 1.00 bits per heavy atom. The van der Waals surface area contributed by atoms with E-state index in [1.807, 2.05) is 73.7 Å². The Morgan fingerprint density at radius 2 is 1.85 bits per heavy atom. The first kappa shape index (κ1) is 23.7.